The zero-order chi connectivity index (χ0) is 66.8. The van der Waals surface area contributed by atoms with Gasteiger partial charge in [0.15, 0.2) is 0 Å². The van der Waals surface area contributed by atoms with Gasteiger partial charge in [0.2, 0.25) is 41.4 Å². The SMILES string of the molecule is CC[C@H](C)C([C@@H](CC(=O)N1CCC[C@H]1[C@H](OC)[C@@H](C)C(=O)N[C@@H](Cc1ccccc1)c1nccs1)OC)N(C)C(=O)CNC(=O)C(C(C)C)N(C)C(=O)OCc1ccc(NC(=O)CNC(=O)C(NC(=O)CCOCCOCCOCCOCCON)C(C)C)cc1. The van der Waals surface area contributed by atoms with Crippen molar-refractivity contribution in [3.8, 4) is 0 Å². The van der Waals surface area contributed by atoms with E-state index in [1.165, 1.54) is 35.3 Å². The molecule has 3 aromatic rings. The van der Waals surface area contributed by atoms with Gasteiger partial charge in [0.25, 0.3) is 0 Å². The standard InChI is InChI=1S/C64H100N10O16S/c1-12-44(6)58(51(83-10)38-54(77)74-26-16-19-50(74)59(84-11)45(7)60(79)70-49(63-66-25-36-91-63)37-46-17-14-13-15-18-46)72(8)55(78)40-68-62(81)57(43(4)5)73(9)64(82)89-41-47-20-22-48(23-21-47)69-53(76)39-67-61(80)56(42(2)3)71-52(75)24-27-85-28-29-86-30-31-87-32-33-88-34-35-90-65/h13-15,17-18,20-23,25,36,42-45,49-51,56-59H,12,16,19,24,26-35,37-41,65H2,1-11H3,(H,67,80)(H,68,81)(H,69,76)(H,70,79)(H,71,75)/t44-,45+,49-,50-,51+,56?,57?,58?,59+/m0/s1. The van der Waals surface area contributed by atoms with Crippen LogP contribution < -0.4 is 32.5 Å². The molecular formula is C64H100N10O16S. The number of aromatic nitrogens is 1. The van der Waals surface area contributed by atoms with Crippen LogP contribution in [-0.2, 0) is 84.6 Å². The Kier molecular flexibility index (Phi) is 35.2. The van der Waals surface area contributed by atoms with E-state index in [1.807, 2.05) is 56.5 Å². The minimum atomic E-state index is -1.02. The molecule has 8 amide bonds. The summed E-state index contributed by atoms with van der Waals surface area (Å²) in [4.78, 5) is 122. The Balaban J connectivity index is 1.22. The summed E-state index contributed by atoms with van der Waals surface area (Å²) in [6.07, 6.45) is 2.10. The van der Waals surface area contributed by atoms with Gasteiger partial charge in [-0.15, -0.1) is 11.3 Å². The van der Waals surface area contributed by atoms with E-state index < -0.39 is 90.4 Å². The highest BCUT2D eigenvalue weighted by Gasteiger charge is 2.43. The number of nitrogens with one attached hydrogen (secondary N) is 5. The Morgan fingerprint density at radius 2 is 1.34 bits per heavy atom. The first kappa shape index (κ1) is 76.8. The maximum absolute atomic E-state index is 14.4. The molecule has 0 aliphatic carbocycles. The molecule has 1 aromatic heterocycles. The largest absolute Gasteiger partial charge is 0.445 e. The highest BCUT2D eigenvalue weighted by molar-refractivity contribution is 7.09. The van der Waals surface area contributed by atoms with Crippen LogP contribution in [0.15, 0.2) is 66.2 Å². The molecule has 1 fully saturated rings. The maximum atomic E-state index is 14.4. The van der Waals surface area contributed by atoms with Crippen LogP contribution in [-0.4, -0.2) is 211 Å². The molecule has 1 saturated heterocycles. The Labute approximate surface area is 540 Å². The summed E-state index contributed by atoms with van der Waals surface area (Å²) in [5.41, 5.74) is 2.04. The van der Waals surface area contributed by atoms with Gasteiger partial charge in [-0.05, 0) is 60.3 Å². The third-order valence-electron chi connectivity index (χ3n) is 15.9. The lowest BCUT2D eigenvalue weighted by molar-refractivity contribution is -0.146. The summed E-state index contributed by atoms with van der Waals surface area (Å²) >= 11 is 1.47. The average Bonchev–Trinajstić information content (AvgIpc) is 2.00. The number of nitrogens with two attached hydrogens (primary N) is 1. The van der Waals surface area contributed by atoms with Crippen molar-refractivity contribution >= 4 is 64.5 Å². The Morgan fingerprint density at radius 1 is 0.714 bits per heavy atom. The monoisotopic (exact) mass is 1300 g/mol. The second kappa shape index (κ2) is 41.7. The van der Waals surface area contributed by atoms with Crippen molar-refractivity contribution in [2.75, 3.05) is 113 Å². The smallest absolute Gasteiger partial charge is 0.410 e. The number of hydrogen-bond donors (Lipinski definition) is 6. The van der Waals surface area contributed by atoms with Crippen molar-refractivity contribution in [2.24, 2.45) is 29.6 Å². The Hall–Kier alpha value is -6.69. The van der Waals surface area contributed by atoms with Crippen molar-refractivity contribution < 1.29 is 76.4 Å². The molecule has 9 atom stereocenters. The van der Waals surface area contributed by atoms with Crippen LogP contribution in [0.3, 0.4) is 0 Å². The average molecular weight is 1300 g/mol. The van der Waals surface area contributed by atoms with Crippen molar-refractivity contribution in [1.29, 1.82) is 0 Å². The number of carbonyl (C=O) groups is 8. The topological polar surface area (TPSA) is 319 Å². The van der Waals surface area contributed by atoms with E-state index >= 15 is 0 Å². The highest BCUT2D eigenvalue weighted by Crippen LogP contribution is 2.30. The van der Waals surface area contributed by atoms with Crippen LogP contribution in [0.2, 0.25) is 0 Å². The lowest BCUT2D eigenvalue weighted by atomic mass is 9.90. The molecule has 4 rings (SSSR count). The minimum Gasteiger partial charge on any atom is -0.445 e. The predicted molar refractivity (Wildman–Crippen MR) is 342 cm³/mol. The second-order valence-electron chi connectivity index (χ2n) is 23.2. The molecule has 2 heterocycles. The molecule has 2 aromatic carbocycles. The zero-order valence-corrected chi connectivity index (χ0v) is 55.8. The van der Waals surface area contributed by atoms with Gasteiger partial charge in [0, 0.05) is 58.5 Å². The molecule has 1 aliphatic rings. The van der Waals surface area contributed by atoms with Crippen molar-refractivity contribution in [3.63, 3.8) is 0 Å². The first-order valence-electron chi connectivity index (χ1n) is 31.3. The second-order valence-corrected chi connectivity index (χ2v) is 24.1. The van der Waals surface area contributed by atoms with E-state index in [0.29, 0.717) is 89.7 Å². The number of likely N-dealkylation sites (tertiary alicyclic amines) is 1. The van der Waals surface area contributed by atoms with Gasteiger partial charge in [0.05, 0.1) is 115 Å². The van der Waals surface area contributed by atoms with E-state index in [-0.39, 0.29) is 68.9 Å². The summed E-state index contributed by atoms with van der Waals surface area (Å²) < 4.78 is 39.2. The number of benzene rings is 2. The first-order chi connectivity index (χ1) is 43.6. The van der Waals surface area contributed by atoms with Gasteiger partial charge < -0.3 is 74.4 Å². The fourth-order valence-corrected chi connectivity index (χ4v) is 11.4. The first-order valence-corrected chi connectivity index (χ1v) is 32.1. The fraction of sp³-hybridized carbons (Fsp3) is 0.641. The molecule has 0 saturated carbocycles. The van der Waals surface area contributed by atoms with E-state index in [9.17, 15) is 38.4 Å². The van der Waals surface area contributed by atoms with Crippen molar-refractivity contribution in [3.05, 3.63) is 82.3 Å². The van der Waals surface area contributed by atoms with Crippen LogP contribution >= 0.6 is 11.3 Å². The van der Waals surface area contributed by atoms with Crippen molar-refractivity contribution in [1.82, 2.24) is 41.0 Å². The van der Waals surface area contributed by atoms with Crippen LogP contribution in [0.4, 0.5) is 10.5 Å². The third-order valence-corrected chi connectivity index (χ3v) is 16.8. The number of thiazole rings is 1. The summed E-state index contributed by atoms with van der Waals surface area (Å²) in [6.45, 7) is 15.4. The maximum Gasteiger partial charge on any atom is 0.410 e. The Bertz CT molecular complexity index is 2660. The van der Waals surface area contributed by atoms with Crippen LogP contribution in [0.25, 0.3) is 0 Å². The summed E-state index contributed by atoms with van der Waals surface area (Å²) in [5, 5.41) is 16.6. The summed E-state index contributed by atoms with van der Waals surface area (Å²) in [7, 11) is 6.13. The Morgan fingerprint density at radius 3 is 1.91 bits per heavy atom. The van der Waals surface area contributed by atoms with Crippen LogP contribution in [0.1, 0.15) is 103 Å². The molecule has 0 spiro atoms. The molecule has 3 unspecified atom stereocenters. The van der Waals surface area contributed by atoms with Gasteiger partial charge in [0.1, 0.15) is 23.7 Å². The number of likely N-dealkylation sites (N-methyl/N-ethyl adjacent to an activating group) is 2. The van der Waals surface area contributed by atoms with Gasteiger partial charge in [-0.25, -0.2) is 15.7 Å². The lowest BCUT2D eigenvalue weighted by Gasteiger charge is -2.39. The number of amides is 8. The van der Waals surface area contributed by atoms with Gasteiger partial charge in [-0.2, -0.15) is 0 Å². The molecule has 0 bridgehead atoms. The number of ether oxygens (including phenoxy) is 7. The van der Waals surface area contributed by atoms with E-state index in [1.54, 1.807) is 77.2 Å². The number of anilines is 1. The van der Waals surface area contributed by atoms with Crippen LogP contribution in [0, 0.1) is 23.7 Å². The molecular weight excluding hydrogens is 1200 g/mol. The molecule has 27 heteroatoms. The molecule has 91 heavy (non-hydrogen) atoms. The van der Waals surface area contributed by atoms with Crippen LogP contribution in [0.5, 0.6) is 0 Å². The van der Waals surface area contributed by atoms with Gasteiger partial charge in [-0.1, -0.05) is 97.4 Å². The number of nitrogens with zero attached hydrogens (tertiary/aromatic N) is 4. The zero-order valence-electron chi connectivity index (χ0n) is 54.9. The number of hydrogen-bond acceptors (Lipinski definition) is 19. The third kappa shape index (κ3) is 26.1. The molecule has 1 aliphatic heterocycles. The normalized spacial score (nSPS) is 15.8. The summed E-state index contributed by atoms with van der Waals surface area (Å²) in [6, 6.07) is 13.1. The molecule has 508 valence electrons. The highest BCUT2D eigenvalue weighted by atomic mass is 32.1. The number of rotatable bonds is 43. The van der Waals surface area contributed by atoms with E-state index in [4.69, 9.17) is 39.1 Å². The molecule has 7 N–H and O–H groups in total. The van der Waals surface area contributed by atoms with E-state index in [0.717, 1.165) is 10.6 Å². The number of methoxy groups -OCH3 is 2. The van der Waals surface area contributed by atoms with Gasteiger partial charge in [-0.3, -0.25) is 38.5 Å². The van der Waals surface area contributed by atoms with Crippen molar-refractivity contribution in [2.45, 2.75) is 136 Å². The van der Waals surface area contributed by atoms with Gasteiger partial charge >= 0.3 is 6.09 Å². The lowest BCUT2D eigenvalue weighted by Crippen LogP contribution is -2.55. The predicted octanol–water partition coefficient (Wildman–Crippen LogP) is 4.42. The molecule has 26 nitrogen and oxygen atoms in total. The summed E-state index contributed by atoms with van der Waals surface area (Å²) in [5.74, 6) is 0.651. The molecule has 0 radical (unpaired) electrons. The fourth-order valence-electron chi connectivity index (χ4n) is 10.7. The minimum absolute atomic E-state index is 0.0151. The quantitative estimate of drug-likeness (QED) is 0.0337. The van der Waals surface area contributed by atoms with E-state index in [2.05, 4.69) is 36.4 Å². The number of carbonyl (C=O) groups excluding carboxylic acids is 8.